The van der Waals surface area contributed by atoms with E-state index in [2.05, 4.69) is 78.4 Å². The number of hydrogen-bond donors (Lipinski definition) is 2. The van der Waals surface area contributed by atoms with Crippen molar-refractivity contribution in [2.45, 2.75) is 13.5 Å². The number of nitrogens with one attached hydrogen (secondary N) is 2. The molecule has 0 aliphatic heterocycles. The third-order valence-electron chi connectivity index (χ3n) is 5.88. The maximum atomic E-state index is 12.6. The summed E-state index contributed by atoms with van der Waals surface area (Å²) in [4.78, 5) is 17.3. The lowest BCUT2D eigenvalue weighted by molar-refractivity contribution is 0.0955. The van der Waals surface area contributed by atoms with E-state index in [1.54, 1.807) is 18.3 Å². The van der Waals surface area contributed by atoms with Crippen LogP contribution >= 0.6 is 49.9 Å². The van der Waals surface area contributed by atoms with Crippen molar-refractivity contribution in [3.8, 4) is 17.0 Å². The number of hydrazone groups is 1. The van der Waals surface area contributed by atoms with E-state index in [1.807, 2.05) is 72.1 Å². The zero-order chi connectivity index (χ0) is 27.9. The van der Waals surface area contributed by atoms with Crippen molar-refractivity contribution >= 4 is 72.8 Å². The Morgan fingerprint density at radius 2 is 1.80 bits per heavy atom. The van der Waals surface area contributed by atoms with E-state index in [0.717, 1.165) is 47.0 Å². The molecule has 1 aromatic heterocycles. The zero-order valence-corrected chi connectivity index (χ0v) is 26.0. The molecule has 0 unspecified atom stereocenters. The number of thiazole rings is 1. The van der Waals surface area contributed by atoms with Crippen LogP contribution in [0.5, 0.6) is 5.75 Å². The topological polar surface area (TPSA) is 75.6 Å². The number of amides is 1. The van der Waals surface area contributed by atoms with Crippen LogP contribution in [0.2, 0.25) is 0 Å². The van der Waals surface area contributed by atoms with Crippen molar-refractivity contribution in [1.29, 1.82) is 0 Å². The Labute approximate surface area is 258 Å². The number of benzene rings is 4. The number of anilines is 2. The largest absolute Gasteiger partial charge is 0.487 e. The quantitative estimate of drug-likeness (QED) is 0.0909. The number of carbonyl (C=O) groups is 1. The van der Waals surface area contributed by atoms with Gasteiger partial charge >= 0.3 is 0 Å². The summed E-state index contributed by atoms with van der Waals surface area (Å²) in [6.45, 7) is 2.54. The van der Waals surface area contributed by atoms with Gasteiger partial charge in [-0.3, -0.25) is 4.79 Å². The van der Waals surface area contributed by atoms with Crippen LogP contribution in [0.4, 0.5) is 10.8 Å². The smallest absolute Gasteiger partial charge is 0.271 e. The minimum absolute atomic E-state index is 0.292. The maximum absolute atomic E-state index is 12.6. The molecule has 0 atom stereocenters. The van der Waals surface area contributed by atoms with Gasteiger partial charge in [0, 0.05) is 22.2 Å². The number of halogens is 2. The van der Waals surface area contributed by atoms with Crippen LogP contribution in [0, 0.1) is 10.5 Å². The molecule has 1 amide bonds. The lowest BCUT2D eigenvalue weighted by atomic mass is 10.1. The number of carbonyl (C=O) groups excluding carboxylic acids is 1. The lowest BCUT2D eigenvalue weighted by Gasteiger charge is -2.11. The molecule has 1 heterocycles. The van der Waals surface area contributed by atoms with E-state index in [1.165, 1.54) is 16.9 Å². The Bertz CT molecular complexity index is 1620. The van der Waals surface area contributed by atoms with Crippen LogP contribution in [0.3, 0.4) is 0 Å². The highest BCUT2D eigenvalue weighted by Gasteiger charge is 2.10. The van der Waals surface area contributed by atoms with Crippen LogP contribution in [0.15, 0.2) is 106 Å². The van der Waals surface area contributed by atoms with Crippen molar-refractivity contribution in [3.63, 3.8) is 0 Å². The first-order valence-electron chi connectivity index (χ1n) is 12.3. The van der Waals surface area contributed by atoms with Crippen LogP contribution in [-0.2, 0) is 6.61 Å². The van der Waals surface area contributed by atoms with Gasteiger partial charge in [-0.2, -0.15) is 5.10 Å². The summed E-state index contributed by atoms with van der Waals surface area (Å²) < 4.78 is 7.76. The summed E-state index contributed by atoms with van der Waals surface area (Å²) in [6, 6.07) is 29.4. The fourth-order valence-electron chi connectivity index (χ4n) is 3.77. The van der Waals surface area contributed by atoms with Gasteiger partial charge in [-0.25, -0.2) is 10.4 Å². The molecule has 0 saturated carbocycles. The molecule has 0 radical (unpaired) electrons. The molecule has 6 nitrogen and oxygen atoms in total. The Balaban J connectivity index is 1.17. The van der Waals surface area contributed by atoms with E-state index in [9.17, 15) is 4.79 Å². The van der Waals surface area contributed by atoms with Crippen molar-refractivity contribution in [2.24, 2.45) is 5.10 Å². The van der Waals surface area contributed by atoms with E-state index in [4.69, 9.17) is 4.74 Å². The van der Waals surface area contributed by atoms with Gasteiger partial charge in [0.1, 0.15) is 12.4 Å². The third kappa shape index (κ3) is 7.35. The van der Waals surface area contributed by atoms with E-state index < -0.39 is 0 Å². The fourth-order valence-corrected chi connectivity index (χ4v) is 6.28. The second-order valence-corrected chi connectivity index (χ2v) is 11.8. The van der Waals surface area contributed by atoms with Crippen molar-refractivity contribution in [2.75, 3.05) is 5.32 Å². The molecule has 0 saturated heterocycles. The molecule has 0 bridgehead atoms. The summed E-state index contributed by atoms with van der Waals surface area (Å²) in [6.07, 6.45) is 1.61. The van der Waals surface area contributed by atoms with Gasteiger partial charge < -0.3 is 10.1 Å². The average Bonchev–Trinajstić information content (AvgIpc) is 3.43. The van der Waals surface area contributed by atoms with Gasteiger partial charge in [-0.05, 0) is 93.0 Å². The van der Waals surface area contributed by atoms with Crippen LogP contribution in [0.25, 0.3) is 11.3 Å². The molecule has 0 fully saturated rings. The minimum atomic E-state index is -0.292. The summed E-state index contributed by atoms with van der Waals surface area (Å²) in [5.41, 5.74) is 9.02. The molecule has 5 aromatic rings. The van der Waals surface area contributed by atoms with Gasteiger partial charge in [0.15, 0.2) is 5.13 Å². The first-order valence-corrected chi connectivity index (χ1v) is 15.1. The van der Waals surface area contributed by atoms with Gasteiger partial charge in [0.25, 0.3) is 5.91 Å². The normalized spacial score (nSPS) is 11.0. The number of aromatic nitrogens is 1. The molecule has 9 heteroatoms. The highest BCUT2D eigenvalue weighted by molar-refractivity contribution is 14.1. The molecule has 2 N–H and O–H groups in total. The monoisotopic (exact) mass is 722 g/mol. The Morgan fingerprint density at radius 3 is 2.52 bits per heavy atom. The predicted molar refractivity (Wildman–Crippen MR) is 175 cm³/mol. The number of nitrogens with zero attached hydrogens (tertiary/aromatic N) is 2. The third-order valence-corrected chi connectivity index (χ3v) is 8.02. The SMILES string of the molecule is Cc1ccc(Nc2nc(-c3ccc(C(=O)N/N=C\c4cc(Br)c(OCc5ccccc5)c(I)c4)cc3)cs2)cc1. The highest BCUT2D eigenvalue weighted by Crippen LogP contribution is 2.32. The maximum Gasteiger partial charge on any atom is 0.271 e. The number of rotatable bonds is 9. The molecular weight excluding hydrogens is 699 g/mol. The number of aryl methyl sites for hydroxylation is 1. The van der Waals surface area contributed by atoms with Gasteiger partial charge in [-0.1, -0.05) is 60.2 Å². The van der Waals surface area contributed by atoms with Crippen molar-refractivity contribution in [1.82, 2.24) is 10.4 Å². The van der Waals surface area contributed by atoms with E-state index in [0.29, 0.717) is 12.2 Å². The van der Waals surface area contributed by atoms with Crippen LogP contribution in [-0.4, -0.2) is 17.1 Å². The lowest BCUT2D eigenvalue weighted by Crippen LogP contribution is -2.17. The Morgan fingerprint density at radius 1 is 1.05 bits per heavy atom. The average molecular weight is 723 g/mol. The minimum Gasteiger partial charge on any atom is -0.487 e. The number of ether oxygens (including phenoxy) is 1. The fraction of sp³-hybridized carbons (Fsp3) is 0.0645. The molecule has 0 aliphatic rings. The molecule has 40 heavy (non-hydrogen) atoms. The number of hydrogen-bond acceptors (Lipinski definition) is 6. The Kier molecular flexibility index (Phi) is 9.25. The molecule has 0 spiro atoms. The summed E-state index contributed by atoms with van der Waals surface area (Å²) in [7, 11) is 0. The second kappa shape index (κ2) is 13.2. The van der Waals surface area contributed by atoms with Crippen LogP contribution < -0.4 is 15.5 Å². The zero-order valence-electron chi connectivity index (χ0n) is 21.4. The van der Waals surface area contributed by atoms with Gasteiger partial charge in [0.05, 0.1) is 20.0 Å². The first-order chi connectivity index (χ1) is 19.4. The summed E-state index contributed by atoms with van der Waals surface area (Å²) >= 11 is 7.36. The predicted octanol–water partition coefficient (Wildman–Crippen LogP) is 8.57. The standard InChI is InChI=1S/C31H24BrIN4O2S/c1-20-7-13-25(14-8-20)35-31-36-28(19-40-31)23-9-11-24(12-10-23)30(38)37-34-17-22-15-26(32)29(27(33)16-22)39-18-21-5-3-2-4-6-21/h2-17,19H,18H2,1H3,(H,35,36)(H,37,38)/b34-17-. The summed E-state index contributed by atoms with van der Waals surface area (Å²) in [5.74, 6) is 0.475. The molecule has 200 valence electrons. The van der Waals surface area contributed by atoms with Crippen molar-refractivity contribution in [3.05, 3.63) is 127 Å². The second-order valence-electron chi connectivity index (χ2n) is 8.89. The highest BCUT2D eigenvalue weighted by atomic mass is 127. The molecule has 0 aliphatic carbocycles. The Hall–Kier alpha value is -3.54. The van der Waals surface area contributed by atoms with Crippen molar-refractivity contribution < 1.29 is 9.53 Å². The molecule has 5 rings (SSSR count). The molecular formula is C31H24BrIN4O2S. The molecule has 4 aromatic carbocycles. The van der Waals surface area contributed by atoms with E-state index in [-0.39, 0.29) is 5.91 Å². The van der Waals surface area contributed by atoms with Crippen LogP contribution in [0.1, 0.15) is 27.0 Å². The van der Waals surface area contributed by atoms with E-state index >= 15 is 0 Å². The first kappa shape index (κ1) is 28.0. The van der Waals surface area contributed by atoms with Gasteiger partial charge in [-0.15, -0.1) is 11.3 Å². The summed E-state index contributed by atoms with van der Waals surface area (Å²) in [5, 5.41) is 10.3. The van der Waals surface area contributed by atoms with Gasteiger partial charge in [0.2, 0.25) is 0 Å².